The highest BCUT2D eigenvalue weighted by atomic mass is 14.7. The summed E-state index contributed by atoms with van der Waals surface area (Å²) in [6, 6.07) is 1.97. The molecule has 0 aromatic carbocycles. The molecule has 0 radical (unpaired) electrons. The number of nitrogens with two attached hydrogens (primary N) is 1. The number of hydrogen-bond donors (Lipinski definition) is 1. The van der Waals surface area contributed by atoms with Crippen molar-refractivity contribution in [2.24, 2.45) is 0 Å². The van der Waals surface area contributed by atoms with Crippen LogP contribution in [0.25, 0.3) is 0 Å². The molecule has 0 spiro atoms. The van der Waals surface area contributed by atoms with Gasteiger partial charge in [-0.05, 0) is 31.4 Å². The van der Waals surface area contributed by atoms with Crippen LogP contribution in [-0.2, 0) is 0 Å². The molecule has 0 fully saturated rings. The number of pyridine rings is 1. The molecule has 1 rings (SSSR count). The quantitative estimate of drug-likeness (QED) is 0.795. The van der Waals surface area contributed by atoms with Gasteiger partial charge in [-0.3, -0.25) is 4.98 Å². The average molecular weight is 192 g/mol. The van der Waals surface area contributed by atoms with Gasteiger partial charge >= 0.3 is 0 Å². The van der Waals surface area contributed by atoms with Crippen LogP contribution < -0.4 is 5.73 Å². The third-order valence-electron chi connectivity index (χ3n) is 2.76. The summed E-state index contributed by atoms with van der Waals surface area (Å²) in [5.41, 5.74) is 9.14. The van der Waals surface area contributed by atoms with Gasteiger partial charge in [-0.1, -0.05) is 20.3 Å². The highest BCUT2D eigenvalue weighted by Crippen LogP contribution is 2.28. The van der Waals surface area contributed by atoms with Crippen molar-refractivity contribution in [3.8, 4) is 0 Å². The van der Waals surface area contributed by atoms with E-state index in [0.29, 0.717) is 5.92 Å². The first-order chi connectivity index (χ1) is 6.70. The Morgan fingerprint density at radius 1 is 1.43 bits per heavy atom. The van der Waals surface area contributed by atoms with Crippen LogP contribution in [-0.4, -0.2) is 4.98 Å². The Bertz CT molecular complexity index is 294. The second kappa shape index (κ2) is 4.99. The highest BCUT2D eigenvalue weighted by Gasteiger charge is 2.13. The fourth-order valence-corrected chi connectivity index (χ4v) is 1.80. The second-order valence-electron chi connectivity index (χ2n) is 3.82. The smallest absolute Gasteiger partial charge is 0.0666 e. The summed E-state index contributed by atoms with van der Waals surface area (Å²) in [6.07, 6.45) is 5.35. The molecule has 2 nitrogen and oxygen atoms in total. The average Bonchev–Trinajstić information content (AvgIpc) is 2.19. The molecule has 0 amide bonds. The zero-order valence-corrected chi connectivity index (χ0v) is 9.38. The van der Waals surface area contributed by atoms with E-state index in [1.54, 1.807) is 0 Å². The Morgan fingerprint density at radius 3 is 2.71 bits per heavy atom. The molecule has 1 aromatic rings. The van der Waals surface area contributed by atoms with Gasteiger partial charge in [0.25, 0.3) is 0 Å². The van der Waals surface area contributed by atoms with Gasteiger partial charge in [0.05, 0.1) is 11.4 Å². The van der Waals surface area contributed by atoms with Crippen molar-refractivity contribution in [2.45, 2.75) is 46.0 Å². The normalized spacial score (nSPS) is 12.8. The van der Waals surface area contributed by atoms with Gasteiger partial charge in [0.2, 0.25) is 0 Å². The van der Waals surface area contributed by atoms with Gasteiger partial charge in [-0.25, -0.2) is 0 Å². The summed E-state index contributed by atoms with van der Waals surface area (Å²) in [5, 5.41) is 0. The zero-order chi connectivity index (χ0) is 10.6. The number of aromatic nitrogens is 1. The van der Waals surface area contributed by atoms with Crippen molar-refractivity contribution in [3.05, 3.63) is 23.5 Å². The molecule has 0 bridgehead atoms. The van der Waals surface area contributed by atoms with E-state index in [2.05, 4.69) is 18.8 Å². The fourth-order valence-electron chi connectivity index (χ4n) is 1.80. The lowest BCUT2D eigenvalue weighted by Gasteiger charge is -2.16. The molecule has 0 aliphatic rings. The summed E-state index contributed by atoms with van der Waals surface area (Å²) in [4.78, 5) is 4.40. The summed E-state index contributed by atoms with van der Waals surface area (Å²) in [7, 11) is 0. The lowest BCUT2D eigenvalue weighted by Crippen LogP contribution is -2.06. The molecule has 78 valence electrons. The van der Waals surface area contributed by atoms with Crippen LogP contribution in [0.5, 0.6) is 0 Å². The van der Waals surface area contributed by atoms with Crippen molar-refractivity contribution < 1.29 is 0 Å². The van der Waals surface area contributed by atoms with Crippen LogP contribution in [0.1, 0.15) is 50.3 Å². The number of hydrogen-bond acceptors (Lipinski definition) is 2. The third kappa shape index (κ3) is 2.25. The molecule has 0 aliphatic heterocycles. The first-order valence-electron chi connectivity index (χ1n) is 5.41. The minimum atomic E-state index is 0.528. The van der Waals surface area contributed by atoms with E-state index in [0.717, 1.165) is 23.4 Å². The Hall–Kier alpha value is -1.05. The summed E-state index contributed by atoms with van der Waals surface area (Å²) in [5.74, 6) is 0.528. The Kier molecular flexibility index (Phi) is 3.93. The maximum Gasteiger partial charge on any atom is 0.0666 e. The minimum absolute atomic E-state index is 0.528. The van der Waals surface area contributed by atoms with E-state index < -0.39 is 0 Å². The van der Waals surface area contributed by atoms with Crippen molar-refractivity contribution >= 4 is 5.69 Å². The lowest BCUT2D eigenvalue weighted by molar-refractivity contribution is 0.583. The van der Waals surface area contributed by atoms with Crippen LogP contribution in [0.15, 0.2) is 12.3 Å². The van der Waals surface area contributed by atoms with Crippen molar-refractivity contribution in [1.29, 1.82) is 0 Å². The largest absolute Gasteiger partial charge is 0.397 e. The van der Waals surface area contributed by atoms with Crippen molar-refractivity contribution in [3.63, 3.8) is 0 Å². The van der Waals surface area contributed by atoms with Gasteiger partial charge < -0.3 is 5.73 Å². The Labute approximate surface area is 86.5 Å². The summed E-state index contributed by atoms with van der Waals surface area (Å²) < 4.78 is 0. The van der Waals surface area contributed by atoms with E-state index in [9.17, 15) is 0 Å². The maximum atomic E-state index is 6.03. The van der Waals surface area contributed by atoms with Crippen LogP contribution in [0.4, 0.5) is 5.69 Å². The predicted molar refractivity (Wildman–Crippen MR) is 61.3 cm³/mol. The monoisotopic (exact) mass is 192 g/mol. The molecule has 1 atom stereocenters. The van der Waals surface area contributed by atoms with E-state index >= 15 is 0 Å². The van der Waals surface area contributed by atoms with Crippen LogP contribution in [0.2, 0.25) is 0 Å². The van der Waals surface area contributed by atoms with Gasteiger partial charge in [-0.2, -0.15) is 0 Å². The first-order valence-corrected chi connectivity index (χ1v) is 5.41. The summed E-state index contributed by atoms with van der Waals surface area (Å²) >= 11 is 0. The standard InChI is InChI=1S/C12H20N2/c1-4-6-10(5-2)12-11(13)9(3)7-8-14-12/h7-8,10H,4-6,13H2,1-3H3. The molecule has 2 N–H and O–H groups in total. The van der Waals surface area contributed by atoms with E-state index in [-0.39, 0.29) is 0 Å². The topological polar surface area (TPSA) is 38.9 Å². The van der Waals surface area contributed by atoms with Crippen LogP contribution >= 0.6 is 0 Å². The molecule has 2 heteroatoms. The fraction of sp³-hybridized carbons (Fsp3) is 0.583. The Balaban J connectivity index is 2.97. The SMILES string of the molecule is CCCC(CC)c1nccc(C)c1N. The van der Waals surface area contributed by atoms with E-state index in [1.807, 2.05) is 19.2 Å². The van der Waals surface area contributed by atoms with Gasteiger partial charge in [-0.15, -0.1) is 0 Å². The molecular weight excluding hydrogens is 172 g/mol. The van der Waals surface area contributed by atoms with Gasteiger partial charge in [0.1, 0.15) is 0 Å². The number of anilines is 1. The number of rotatable bonds is 4. The number of aryl methyl sites for hydroxylation is 1. The van der Waals surface area contributed by atoms with E-state index in [1.165, 1.54) is 12.8 Å². The molecule has 14 heavy (non-hydrogen) atoms. The summed E-state index contributed by atoms with van der Waals surface area (Å²) in [6.45, 7) is 6.44. The highest BCUT2D eigenvalue weighted by molar-refractivity contribution is 5.50. The lowest BCUT2D eigenvalue weighted by atomic mass is 9.94. The van der Waals surface area contributed by atoms with Crippen molar-refractivity contribution in [1.82, 2.24) is 4.98 Å². The van der Waals surface area contributed by atoms with Gasteiger partial charge in [0.15, 0.2) is 0 Å². The first kappa shape index (κ1) is 11.0. The predicted octanol–water partition coefficient (Wildman–Crippen LogP) is 3.27. The third-order valence-corrected chi connectivity index (χ3v) is 2.76. The molecule has 0 saturated heterocycles. The molecular formula is C12H20N2. The molecule has 1 unspecified atom stereocenters. The number of nitrogens with zero attached hydrogens (tertiary/aromatic N) is 1. The Morgan fingerprint density at radius 2 is 2.14 bits per heavy atom. The van der Waals surface area contributed by atoms with Crippen LogP contribution in [0.3, 0.4) is 0 Å². The molecule has 1 aromatic heterocycles. The van der Waals surface area contributed by atoms with E-state index in [4.69, 9.17) is 5.73 Å². The molecule has 1 heterocycles. The molecule has 0 aliphatic carbocycles. The van der Waals surface area contributed by atoms with Gasteiger partial charge in [0, 0.05) is 12.1 Å². The molecule has 0 saturated carbocycles. The zero-order valence-electron chi connectivity index (χ0n) is 9.38. The minimum Gasteiger partial charge on any atom is -0.397 e. The van der Waals surface area contributed by atoms with Crippen molar-refractivity contribution in [2.75, 3.05) is 5.73 Å². The number of nitrogen functional groups attached to an aromatic ring is 1. The maximum absolute atomic E-state index is 6.03. The second-order valence-corrected chi connectivity index (χ2v) is 3.82. The van der Waals surface area contributed by atoms with Crippen LogP contribution in [0, 0.1) is 6.92 Å².